The van der Waals surface area contributed by atoms with Crippen LogP contribution in [0, 0.1) is 0 Å². The van der Waals surface area contributed by atoms with Crippen molar-refractivity contribution in [3.8, 4) is 11.1 Å². The molecule has 120 valence electrons. The Bertz CT molecular complexity index is 786. The first-order valence-corrected chi connectivity index (χ1v) is 7.85. The first-order chi connectivity index (χ1) is 11.7. The lowest BCUT2D eigenvalue weighted by atomic mass is 10.1. The van der Waals surface area contributed by atoms with E-state index < -0.39 is 0 Å². The van der Waals surface area contributed by atoms with Crippen molar-refractivity contribution in [1.29, 1.82) is 0 Å². The van der Waals surface area contributed by atoms with Gasteiger partial charge in [0.2, 0.25) is 5.91 Å². The van der Waals surface area contributed by atoms with Crippen molar-refractivity contribution in [2.45, 2.75) is 13.0 Å². The molecule has 0 radical (unpaired) electrons. The van der Waals surface area contributed by atoms with Gasteiger partial charge in [-0.3, -0.25) is 9.78 Å². The summed E-state index contributed by atoms with van der Waals surface area (Å²) in [6.45, 7) is 1.84. The molecule has 0 saturated heterocycles. The zero-order valence-corrected chi connectivity index (χ0v) is 13.4. The Kier molecular flexibility index (Phi) is 4.87. The predicted molar refractivity (Wildman–Crippen MR) is 97.8 cm³/mol. The molecule has 4 nitrogen and oxygen atoms in total. The van der Waals surface area contributed by atoms with Crippen LogP contribution in [-0.4, -0.2) is 16.9 Å². The van der Waals surface area contributed by atoms with Crippen LogP contribution in [0.15, 0.2) is 79.1 Å². The Labute approximate surface area is 141 Å². The molecule has 3 aromatic rings. The molecule has 1 amide bonds. The topological polar surface area (TPSA) is 54.0 Å². The Morgan fingerprint density at radius 1 is 0.833 bits per heavy atom. The second kappa shape index (κ2) is 7.42. The summed E-state index contributed by atoms with van der Waals surface area (Å²) in [5.74, 6) is -0.0736. The van der Waals surface area contributed by atoms with Gasteiger partial charge in [-0.05, 0) is 54.4 Å². The molecule has 24 heavy (non-hydrogen) atoms. The Morgan fingerprint density at radius 2 is 1.46 bits per heavy atom. The average Bonchev–Trinajstić information content (AvgIpc) is 2.64. The molecule has 4 heteroatoms. The van der Waals surface area contributed by atoms with Crippen molar-refractivity contribution < 1.29 is 4.79 Å². The number of hydrogen-bond donors (Lipinski definition) is 2. The highest BCUT2D eigenvalue weighted by molar-refractivity contribution is 5.96. The molecule has 2 N–H and O–H groups in total. The van der Waals surface area contributed by atoms with E-state index in [1.165, 1.54) is 0 Å². The van der Waals surface area contributed by atoms with Crippen LogP contribution in [0.4, 0.5) is 11.4 Å². The Balaban J connectivity index is 1.62. The van der Waals surface area contributed by atoms with Gasteiger partial charge in [-0.2, -0.15) is 0 Å². The summed E-state index contributed by atoms with van der Waals surface area (Å²) in [5, 5.41) is 6.11. The number of nitrogens with zero attached hydrogens (tertiary/aromatic N) is 1. The highest BCUT2D eigenvalue weighted by Gasteiger charge is 2.12. The maximum atomic E-state index is 12.3. The van der Waals surface area contributed by atoms with Gasteiger partial charge in [0.25, 0.3) is 0 Å². The monoisotopic (exact) mass is 317 g/mol. The molecule has 0 fully saturated rings. The molecule has 0 saturated carbocycles. The van der Waals surface area contributed by atoms with E-state index in [9.17, 15) is 4.79 Å². The molecule has 0 unspecified atom stereocenters. The molecule has 1 aromatic heterocycles. The van der Waals surface area contributed by atoms with Crippen LogP contribution in [-0.2, 0) is 4.79 Å². The van der Waals surface area contributed by atoms with Crippen LogP contribution >= 0.6 is 0 Å². The number of carbonyl (C=O) groups is 1. The number of pyridine rings is 1. The van der Waals surface area contributed by atoms with Crippen LogP contribution < -0.4 is 10.6 Å². The molecule has 1 heterocycles. The van der Waals surface area contributed by atoms with Gasteiger partial charge < -0.3 is 10.6 Å². The second-order valence-corrected chi connectivity index (χ2v) is 5.53. The number of amides is 1. The van der Waals surface area contributed by atoms with Crippen LogP contribution in [0.3, 0.4) is 0 Å². The highest BCUT2D eigenvalue weighted by Crippen LogP contribution is 2.20. The second-order valence-electron chi connectivity index (χ2n) is 5.53. The number of para-hydroxylation sites is 1. The molecule has 0 aliphatic rings. The van der Waals surface area contributed by atoms with Crippen molar-refractivity contribution >= 4 is 17.3 Å². The smallest absolute Gasteiger partial charge is 0.246 e. The highest BCUT2D eigenvalue weighted by atomic mass is 16.2. The maximum Gasteiger partial charge on any atom is 0.246 e. The van der Waals surface area contributed by atoms with Gasteiger partial charge in [0.05, 0.1) is 0 Å². The van der Waals surface area contributed by atoms with Crippen molar-refractivity contribution in [2.24, 2.45) is 0 Å². The Hall–Kier alpha value is -3.14. The van der Waals surface area contributed by atoms with Crippen LogP contribution in [0.1, 0.15) is 6.92 Å². The van der Waals surface area contributed by atoms with E-state index in [2.05, 4.69) is 15.6 Å². The minimum Gasteiger partial charge on any atom is -0.374 e. The fourth-order valence-electron chi connectivity index (χ4n) is 2.39. The summed E-state index contributed by atoms with van der Waals surface area (Å²) in [4.78, 5) is 16.3. The van der Waals surface area contributed by atoms with E-state index >= 15 is 0 Å². The van der Waals surface area contributed by atoms with Gasteiger partial charge in [-0.25, -0.2) is 0 Å². The van der Waals surface area contributed by atoms with E-state index in [4.69, 9.17) is 0 Å². The van der Waals surface area contributed by atoms with Crippen molar-refractivity contribution in [2.75, 3.05) is 10.6 Å². The number of aromatic nitrogens is 1. The third kappa shape index (κ3) is 3.98. The summed E-state index contributed by atoms with van der Waals surface area (Å²) in [5.41, 5.74) is 3.89. The van der Waals surface area contributed by atoms with E-state index in [0.717, 1.165) is 22.5 Å². The number of nitrogens with one attached hydrogen (secondary N) is 2. The molecular weight excluding hydrogens is 298 g/mol. The first kappa shape index (κ1) is 15.7. The lowest BCUT2D eigenvalue weighted by Gasteiger charge is -2.15. The largest absolute Gasteiger partial charge is 0.374 e. The van der Waals surface area contributed by atoms with Crippen molar-refractivity contribution in [3.63, 3.8) is 0 Å². The first-order valence-electron chi connectivity index (χ1n) is 7.85. The molecular formula is C20H19N3O. The lowest BCUT2D eigenvalue weighted by molar-refractivity contribution is -0.116. The molecule has 0 aliphatic carbocycles. The van der Waals surface area contributed by atoms with E-state index in [-0.39, 0.29) is 11.9 Å². The summed E-state index contributed by atoms with van der Waals surface area (Å²) < 4.78 is 0. The van der Waals surface area contributed by atoms with E-state index in [0.29, 0.717) is 0 Å². The number of anilines is 2. The van der Waals surface area contributed by atoms with Crippen molar-refractivity contribution in [1.82, 2.24) is 4.98 Å². The molecule has 1 atom stereocenters. The van der Waals surface area contributed by atoms with Gasteiger partial charge in [0.15, 0.2) is 0 Å². The normalized spacial score (nSPS) is 11.5. The third-order valence-electron chi connectivity index (χ3n) is 3.72. The fraction of sp³-hybridized carbons (Fsp3) is 0.100. The fourth-order valence-corrected chi connectivity index (χ4v) is 2.39. The summed E-state index contributed by atoms with van der Waals surface area (Å²) in [7, 11) is 0. The van der Waals surface area contributed by atoms with Gasteiger partial charge in [0.1, 0.15) is 6.04 Å². The van der Waals surface area contributed by atoms with Gasteiger partial charge in [-0.1, -0.05) is 30.3 Å². The van der Waals surface area contributed by atoms with Crippen molar-refractivity contribution in [3.05, 3.63) is 79.1 Å². The van der Waals surface area contributed by atoms with E-state index in [1.54, 1.807) is 12.4 Å². The zero-order chi connectivity index (χ0) is 16.8. The summed E-state index contributed by atoms with van der Waals surface area (Å²) >= 11 is 0. The minimum atomic E-state index is -0.327. The zero-order valence-electron chi connectivity index (χ0n) is 13.4. The van der Waals surface area contributed by atoms with Gasteiger partial charge in [0, 0.05) is 23.8 Å². The predicted octanol–water partition coefficient (Wildman–Crippen LogP) is 4.19. The summed E-state index contributed by atoms with van der Waals surface area (Å²) in [6, 6.07) is 21.1. The number of hydrogen-bond acceptors (Lipinski definition) is 3. The third-order valence-corrected chi connectivity index (χ3v) is 3.72. The lowest BCUT2D eigenvalue weighted by Crippen LogP contribution is -2.31. The SMILES string of the molecule is C[C@@H](Nc1ccccc1)C(=O)Nc1ccc(-c2ccncc2)cc1. The molecule has 0 bridgehead atoms. The van der Waals surface area contributed by atoms with Gasteiger partial charge in [-0.15, -0.1) is 0 Å². The number of rotatable bonds is 5. The van der Waals surface area contributed by atoms with Crippen LogP contribution in [0.2, 0.25) is 0 Å². The number of carbonyl (C=O) groups excluding carboxylic acids is 1. The maximum absolute atomic E-state index is 12.3. The van der Waals surface area contributed by atoms with Crippen LogP contribution in [0.25, 0.3) is 11.1 Å². The van der Waals surface area contributed by atoms with Crippen LogP contribution in [0.5, 0.6) is 0 Å². The van der Waals surface area contributed by atoms with E-state index in [1.807, 2.05) is 73.7 Å². The number of benzene rings is 2. The molecule has 2 aromatic carbocycles. The standard InChI is InChI=1S/C20H19N3O/c1-15(22-18-5-3-2-4-6-18)20(24)23-19-9-7-16(8-10-19)17-11-13-21-14-12-17/h2-15,22H,1H3,(H,23,24)/t15-/m1/s1. The quantitative estimate of drug-likeness (QED) is 0.742. The minimum absolute atomic E-state index is 0.0736. The molecule has 3 rings (SSSR count). The average molecular weight is 317 g/mol. The molecule has 0 spiro atoms. The molecule has 0 aliphatic heterocycles. The van der Waals surface area contributed by atoms with Gasteiger partial charge >= 0.3 is 0 Å². The Morgan fingerprint density at radius 3 is 2.12 bits per heavy atom. The summed E-state index contributed by atoms with van der Waals surface area (Å²) in [6.07, 6.45) is 3.53.